The van der Waals surface area contributed by atoms with Gasteiger partial charge >= 0.3 is 11.9 Å². The number of carbonyl (C=O) groups excluding carboxylic acids is 3. The molecule has 0 bridgehead atoms. The maximum atomic E-state index is 12.7. The molecule has 0 fully saturated rings. The lowest BCUT2D eigenvalue weighted by atomic mass is 9.98. The van der Waals surface area contributed by atoms with Gasteiger partial charge in [-0.15, -0.1) is 0 Å². The van der Waals surface area contributed by atoms with Gasteiger partial charge in [-0.3, -0.25) is 9.36 Å². The van der Waals surface area contributed by atoms with Crippen LogP contribution in [0, 0.1) is 13.8 Å². The standard InChI is InChI=1S/C32H32N2O6/c1-18-15-22(13-14-23(18)31(38)40-32(4,5)6)33-28(21-11-9-8-10-12-21)27-25-16-19(2)24(30(37)39-7)17-26(25)34(20(3)35)29(27)36/h8-17,36H,1-7H3. The minimum Gasteiger partial charge on any atom is -0.494 e. The summed E-state index contributed by atoms with van der Waals surface area (Å²) in [5.41, 5.74) is 3.72. The van der Waals surface area contributed by atoms with E-state index in [9.17, 15) is 19.5 Å². The second-order valence-electron chi connectivity index (χ2n) is 10.6. The Hall–Kier alpha value is -4.72. The van der Waals surface area contributed by atoms with E-state index in [1.165, 1.54) is 14.0 Å². The largest absolute Gasteiger partial charge is 0.494 e. The Bertz CT molecular complexity index is 1670. The summed E-state index contributed by atoms with van der Waals surface area (Å²) < 4.78 is 11.6. The Morgan fingerprint density at radius 2 is 1.52 bits per heavy atom. The van der Waals surface area contributed by atoms with Crippen LogP contribution in [-0.2, 0) is 9.47 Å². The Morgan fingerprint density at radius 3 is 2.10 bits per heavy atom. The van der Waals surface area contributed by atoms with Crippen LogP contribution in [0.25, 0.3) is 10.9 Å². The molecule has 0 radical (unpaired) electrons. The van der Waals surface area contributed by atoms with Crippen LogP contribution in [0.4, 0.5) is 5.69 Å². The Balaban J connectivity index is 1.98. The smallest absolute Gasteiger partial charge is 0.338 e. The predicted molar refractivity (Wildman–Crippen MR) is 154 cm³/mol. The third-order valence-electron chi connectivity index (χ3n) is 6.36. The SMILES string of the molecule is COC(=O)c1cc2c(cc1C)c(C(=Nc1ccc(C(=O)OC(C)(C)C)c(C)c1)c1ccccc1)c(O)n2C(C)=O. The molecule has 0 aliphatic heterocycles. The maximum Gasteiger partial charge on any atom is 0.338 e. The molecule has 206 valence electrons. The average molecular weight is 541 g/mol. The van der Waals surface area contributed by atoms with Crippen molar-refractivity contribution in [2.45, 2.75) is 47.1 Å². The summed E-state index contributed by atoms with van der Waals surface area (Å²) in [4.78, 5) is 42.7. The fourth-order valence-corrected chi connectivity index (χ4v) is 4.58. The first-order chi connectivity index (χ1) is 18.8. The molecule has 4 rings (SSSR count). The third kappa shape index (κ3) is 5.52. The summed E-state index contributed by atoms with van der Waals surface area (Å²) in [6.07, 6.45) is 0. The van der Waals surface area contributed by atoms with Gasteiger partial charge in [0.1, 0.15) is 5.60 Å². The normalized spacial score (nSPS) is 11.9. The van der Waals surface area contributed by atoms with Crippen molar-refractivity contribution >= 4 is 40.1 Å². The minimum atomic E-state index is -0.630. The molecule has 0 atom stereocenters. The number of aliphatic imine (C=N–C) groups is 1. The van der Waals surface area contributed by atoms with Gasteiger partial charge in [-0.25, -0.2) is 14.6 Å². The number of benzene rings is 3. The van der Waals surface area contributed by atoms with E-state index >= 15 is 0 Å². The monoisotopic (exact) mass is 540 g/mol. The van der Waals surface area contributed by atoms with Crippen molar-refractivity contribution in [2.24, 2.45) is 4.99 Å². The predicted octanol–water partition coefficient (Wildman–Crippen LogP) is 6.53. The van der Waals surface area contributed by atoms with Crippen LogP contribution < -0.4 is 0 Å². The van der Waals surface area contributed by atoms with Gasteiger partial charge in [0.05, 0.1) is 40.7 Å². The molecule has 0 spiro atoms. The highest BCUT2D eigenvalue weighted by molar-refractivity contribution is 6.23. The van der Waals surface area contributed by atoms with Gasteiger partial charge in [0.2, 0.25) is 11.8 Å². The summed E-state index contributed by atoms with van der Waals surface area (Å²) in [5, 5.41) is 12.0. The van der Waals surface area contributed by atoms with Gasteiger partial charge in [0.25, 0.3) is 0 Å². The third-order valence-corrected chi connectivity index (χ3v) is 6.36. The molecule has 3 aromatic carbocycles. The quantitative estimate of drug-likeness (QED) is 0.228. The number of aromatic hydroxyl groups is 1. The molecule has 0 aliphatic carbocycles. The van der Waals surface area contributed by atoms with E-state index < -0.39 is 23.4 Å². The van der Waals surface area contributed by atoms with Crippen LogP contribution >= 0.6 is 0 Å². The van der Waals surface area contributed by atoms with Gasteiger partial charge in [-0.2, -0.15) is 0 Å². The molecule has 40 heavy (non-hydrogen) atoms. The summed E-state index contributed by atoms with van der Waals surface area (Å²) in [6, 6.07) is 17.7. The van der Waals surface area contributed by atoms with E-state index in [1.807, 2.05) is 51.1 Å². The Morgan fingerprint density at radius 1 is 0.875 bits per heavy atom. The molecule has 8 heteroatoms. The van der Waals surface area contributed by atoms with Crippen LogP contribution in [0.2, 0.25) is 0 Å². The molecule has 4 aromatic rings. The fraction of sp³-hybridized carbons (Fsp3) is 0.250. The van der Waals surface area contributed by atoms with Crippen molar-refractivity contribution in [3.8, 4) is 5.88 Å². The van der Waals surface area contributed by atoms with Crippen molar-refractivity contribution < 1.29 is 29.0 Å². The van der Waals surface area contributed by atoms with E-state index in [2.05, 4.69) is 0 Å². The zero-order chi connectivity index (χ0) is 29.4. The first-order valence-electron chi connectivity index (χ1n) is 12.8. The van der Waals surface area contributed by atoms with Gasteiger partial charge in [0.15, 0.2) is 0 Å². The maximum absolute atomic E-state index is 12.7. The number of nitrogens with zero attached hydrogens (tertiary/aromatic N) is 2. The molecule has 1 aromatic heterocycles. The number of hydrogen-bond acceptors (Lipinski definition) is 7. The van der Waals surface area contributed by atoms with Crippen LogP contribution in [0.1, 0.15) is 75.5 Å². The molecule has 0 unspecified atom stereocenters. The fourth-order valence-electron chi connectivity index (χ4n) is 4.58. The van der Waals surface area contributed by atoms with Crippen molar-refractivity contribution in [1.29, 1.82) is 0 Å². The van der Waals surface area contributed by atoms with Gasteiger partial charge in [-0.05, 0) is 76.1 Å². The zero-order valence-electron chi connectivity index (χ0n) is 23.7. The van der Waals surface area contributed by atoms with E-state index in [0.717, 1.165) is 4.57 Å². The van der Waals surface area contributed by atoms with Crippen LogP contribution in [0.15, 0.2) is 65.7 Å². The summed E-state index contributed by atoms with van der Waals surface area (Å²) in [5.74, 6) is -1.70. The zero-order valence-corrected chi connectivity index (χ0v) is 23.7. The molecule has 0 aliphatic rings. The van der Waals surface area contributed by atoms with Gasteiger partial charge < -0.3 is 14.6 Å². The average Bonchev–Trinajstić information content (AvgIpc) is 3.16. The molecule has 1 N–H and O–H groups in total. The van der Waals surface area contributed by atoms with Gasteiger partial charge in [-0.1, -0.05) is 30.3 Å². The highest BCUT2D eigenvalue weighted by Gasteiger charge is 2.26. The first kappa shape index (κ1) is 28.3. The van der Waals surface area contributed by atoms with Crippen LogP contribution in [-0.4, -0.2) is 45.9 Å². The lowest BCUT2D eigenvalue weighted by Gasteiger charge is -2.20. The molecular formula is C32H32N2O6. The number of carbonyl (C=O) groups is 3. The second-order valence-corrected chi connectivity index (χ2v) is 10.6. The second kappa shape index (κ2) is 10.8. The summed E-state index contributed by atoms with van der Waals surface area (Å²) >= 11 is 0. The molecule has 0 saturated carbocycles. The number of methoxy groups -OCH3 is 1. The Kier molecular flexibility index (Phi) is 7.64. The number of ether oxygens (including phenoxy) is 2. The Labute approximate surface area is 232 Å². The van der Waals surface area contributed by atoms with Crippen molar-refractivity contribution in [2.75, 3.05) is 7.11 Å². The number of hydrogen-bond donors (Lipinski definition) is 1. The molecule has 1 heterocycles. The number of aromatic nitrogens is 1. The van der Waals surface area contributed by atoms with Crippen molar-refractivity contribution in [3.05, 3.63) is 94.0 Å². The molecule has 0 saturated heterocycles. The topological polar surface area (TPSA) is 107 Å². The number of rotatable bonds is 5. The minimum absolute atomic E-state index is 0.285. The molecule has 8 nitrogen and oxygen atoms in total. The van der Waals surface area contributed by atoms with Gasteiger partial charge in [0, 0.05) is 17.9 Å². The van der Waals surface area contributed by atoms with E-state index in [1.54, 1.807) is 44.2 Å². The van der Waals surface area contributed by atoms with Crippen molar-refractivity contribution in [3.63, 3.8) is 0 Å². The summed E-state index contributed by atoms with van der Waals surface area (Å²) in [7, 11) is 1.29. The lowest BCUT2D eigenvalue weighted by molar-refractivity contribution is 0.00684. The number of fused-ring (bicyclic) bond motifs is 1. The number of esters is 2. The highest BCUT2D eigenvalue weighted by atomic mass is 16.6. The van der Waals surface area contributed by atoms with E-state index in [0.29, 0.717) is 50.1 Å². The molecular weight excluding hydrogens is 508 g/mol. The molecule has 0 amide bonds. The summed E-state index contributed by atoms with van der Waals surface area (Å²) in [6.45, 7) is 10.3. The lowest BCUT2D eigenvalue weighted by Crippen LogP contribution is -2.24. The first-order valence-corrected chi connectivity index (χ1v) is 12.8. The van der Waals surface area contributed by atoms with E-state index in [4.69, 9.17) is 14.5 Å². The van der Waals surface area contributed by atoms with Crippen LogP contribution in [0.5, 0.6) is 5.88 Å². The highest BCUT2D eigenvalue weighted by Crippen LogP contribution is 2.36. The van der Waals surface area contributed by atoms with Crippen molar-refractivity contribution in [1.82, 2.24) is 4.57 Å². The number of aryl methyl sites for hydroxylation is 2. The van der Waals surface area contributed by atoms with Crippen LogP contribution in [0.3, 0.4) is 0 Å². The van der Waals surface area contributed by atoms with E-state index in [-0.39, 0.29) is 11.4 Å².